The lowest BCUT2D eigenvalue weighted by Gasteiger charge is -2.28. The number of nitrogens with zero attached hydrogens (tertiary/aromatic N) is 1. The van der Waals surface area contributed by atoms with Crippen LogP contribution in [0.2, 0.25) is 0 Å². The molecule has 1 unspecified atom stereocenters. The summed E-state index contributed by atoms with van der Waals surface area (Å²) in [5.41, 5.74) is -0.0272. The molecule has 0 saturated heterocycles. The van der Waals surface area contributed by atoms with E-state index in [1.807, 2.05) is 0 Å². The van der Waals surface area contributed by atoms with Crippen molar-refractivity contribution in [3.63, 3.8) is 0 Å². The first-order chi connectivity index (χ1) is 8.81. The second-order valence-corrected chi connectivity index (χ2v) is 4.52. The van der Waals surface area contributed by atoms with Crippen LogP contribution in [0.1, 0.15) is 18.1 Å². The first-order valence-corrected chi connectivity index (χ1v) is 5.99. The van der Waals surface area contributed by atoms with Crippen LogP contribution in [0.15, 0.2) is 18.2 Å². The van der Waals surface area contributed by atoms with E-state index in [2.05, 4.69) is 5.32 Å². The summed E-state index contributed by atoms with van der Waals surface area (Å²) >= 11 is 0. The van der Waals surface area contributed by atoms with Crippen LogP contribution >= 0.6 is 0 Å². The molecular formula is C13H19F3N2O. The van der Waals surface area contributed by atoms with Gasteiger partial charge in [0.05, 0.1) is 12.2 Å². The van der Waals surface area contributed by atoms with Gasteiger partial charge in [0.25, 0.3) is 0 Å². The Morgan fingerprint density at radius 2 is 2.00 bits per heavy atom. The molecule has 0 saturated carbocycles. The topological polar surface area (TPSA) is 35.5 Å². The number of aliphatic hydroxyl groups excluding tert-OH is 1. The Balaban J connectivity index is 3.23. The third-order valence-electron chi connectivity index (χ3n) is 3.05. The fourth-order valence-corrected chi connectivity index (χ4v) is 1.79. The molecule has 1 aromatic rings. The molecule has 1 rings (SSSR count). The van der Waals surface area contributed by atoms with Crippen molar-refractivity contribution in [1.82, 2.24) is 5.32 Å². The highest BCUT2D eigenvalue weighted by Gasteiger charge is 2.35. The number of likely N-dealkylation sites (N-methyl/N-ethyl adjacent to an activating group) is 1. The van der Waals surface area contributed by atoms with Gasteiger partial charge >= 0.3 is 6.18 Å². The second-order valence-electron chi connectivity index (χ2n) is 4.52. The first kappa shape index (κ1) is 15.8. The molecule has 0 bridgehead atoms. The van der Waals surface area contributed by atoms with Crippen LogP contribution < -0.4 is 10.2 Å². The summed E-state index contributed by atoms with van der Waals surface area (Å²) in [5.74, 6) is 0. The minimum Gasteiger partial charge on any atom is -0.394 e. The number of benzene rings is 1. The van der Waals surface area contributed by atoms with Gasteiger partial charge in [-0.1, -0.05) is 6.07 Å². The van der Waals surface area contributed by atoms with Crippen LogP contribution in [0, 0.1) is 0 Å². The quantitative estimate of drug-likeness (QED) is 0.866. The van der Waals surface area contributed by atoms with Gasteiger partial charge in [0.15, 0.2) is 0 Å². The Bertz CT molecular complexity index is 421. The smallest absolute Gasteiger partial charge is 0.394 e. The summed E-state index contributed by atoms with van der Waals surface area (Å²) < 4.78 is 39.3. The van der Waals surface area contributed by atoms with Gasteiger partial charge in [-0.15, -0.1) is 0 Å². The van der Waals surface area contributed by atoms with Crippen molar-refractivity contribution in [1.29, 1.82) is 0 Å². The average Bonchev–Trinajstić information content (AvgIpc) is 2.36. The Labute approximate surface area is 111 Å². The number of rotatable bonds is 5. The van der Waals surface area contributed by atoms with Crippen molar-refractivity contribution < 1.29 is 18.3 Å². The summed E-state index contributed by atoms with van der Waals surface area (Å²) in [4.78, 5) is 1.44. The molecule has 1 atom stereocenters. The maximum atomic E-state index is 13.1. The van der Waals surface area contributed by atoms with Crippen LogP contribution in [0.25, 0.3) is 0 Å². The van der Waals surface area contributed by atoms with E-state index in [1.165, 1.54) is 11.0 Å². The average molecular weight is 276 g/mol. The molecule has 0 spiro atoms. The maximum absolute atomic E-state index is 13.1. The Hall–Kier alpha value is -1.27. The van der Waals surface area contributed by atoms with E-state index in [9.17, 15) is 13.2 Å². The van der Waals surface area contributed by atoms with Crippen LogP contribution in [-0.4, -0.2) is 31.9 Å². The predicted molar refractivity (Wildman–Crippen MR) is 69.2 cm³/mol. The van der Waals surface area contributed by atoms with Gasteiger partial charge in [-0.2, -0.15) is 13.2 Å². The molecule has 0 aliphatic rings. The molecule has 3 nitrogen and oxygen atoms in total. The number of hydrogen-bond acceptors (Lipinski definition) is 3. The lowest BCUT2D eigenvalue weighted by atomic mass is 10.1. The van der Waals surface area contributed by atoms with Crippen molar-refractivity contribution >= 4 is 5.69 Å². The predicted octanol–water partition coefficient (Wildman–Crippen LogP) is 2.24. The zero-order chi connectivity index (χ0) is 14.6. The maximum Gasteiger partial charge on any atom is 0.418 e. The number of halogens is 3. The summed E-state index contributed by atoms with van der Waals surface area (Å²) in [5, 5.41) is 11.9. The number of hydrogen-bond donors (Lipinski definition) is 2. The van der Waals surface area contributed by atoms with E-state index >= 15 is 0 Å². The van der Waals surface area contributed by atoms with E-state index in [-0.39, 0.29) is 18.3 Å². The van der Waals surface area contributed by atoms with Crippen molar-refractivity contribution in [2.75, 3.05) is 25.6 Å². The Morgan fingerprint density at radius 1 is 1.37 bits per heavy atom. The number of nitrogens with one attached hydrogen (secondary N) is 1. The SMILES string of the molecule is CNCc1ccc(N(C)C(C)CO)c(C(F)(F)F)c1. The van der Waals surface area contributed by atoms with Gasteiger partial charge in [0.1, 0.15) is 0 Å². The van der Waals surface area contributed by atoms with E-state index in [1.54, 1.807) is 27.1 Å². The number of aliphatic hydroxyl groups is 1. The van der Waals surface area contributed by atoms with Gasteiger partial charge in [-0.25, -0.2) is 0 Å². The Kier molecular flexibility index (Phi) is 5.20. The van der Waals surface area contributed by atoms with E-state index in [4.69, 9.17) is 5.11 Å². The highest BCUT2D eigenvalue weighted by Crippen LogP contribution is 2.37. The number of anilines is 1. The molecular weight excluding hydrogens is 257 g/mol. The standard InChI is InChI=1S/C13H19F3N2O/c1-9(8-19)18(3)12-5-4-10(7-17-2)6-11(12)13(14,15)16/h4-6,9,17,19H,7-8H2,1-3H3. The zero-order valence-electron chi connectivity index (χ0n) is 11.3. The van der Waals surface area contributed by atoms with Crippen molar-refractivity contribution in [3.05, 3.63) is 29.3 Å². The molecule has 108 valence electrons. The fourth-order valence-electron chi connectivity index (χ4n) is 1.79. The molecule has 0 amide bonds. The lowest BCUT2D eigenvalue weighted by molar-refractivity contribution is -0.137. The van der Waals surface area contributed by atoms with Crippen LogP contribution in [-0.2, 0) is 12.7 Å². The largest absolute Gasteiger partial charge is 0.418 e. The molecule has 6 heteroatoms. The second kappa shape index (κ2) is 6.25. The third kappa shape index (κ3) is 3.84. The molecule has 0 aliphatic carbocycles. The van der Waals surface area contributed by atoms with Crippen LogP contribution in [0.4, 0.5) is 18.9 Å². The van der Waals surface area contributed by atoms with Gasteiger partial charge in [-0.05, 0) is 31.7 Å². The molecule has 0 radical (unpaired) electrons. The van der Waals surface area contributed by atoms with Gasteiger partial charge in [0.2, 0.25) is 0 Å². The zero-order valence-corrected chi connectivity index (χ0v) is 11.3. The monoisotopic (exact) mass is 276 g/mol. The van der Waals surface area contributed by atoms with Gasteiger partial charge < -0.3 is 15.3 Å². The Morgan fingerprint density at radius 3 is 2.47 bits per heavy atom. The van der Waals surface area contributed by atoms with Crippen LogP contribution in [0.5, 0.6) is 0 Å². The van der Waals surface area contributed by atoms with Crippen molar-refractivity contribution in [3.8, 4) is 0 Å². The lowest BCUT2D eigenvalue weighted by Crippen LogP contribution is -2.33. The highest BCUT2D eigenvalue weighted by molar-refractivity contribution is 5.56. The molecule has 0 aromatic heterocycles. The summed E-state index contributed by atoms with van der Waals surface area (Å²) in [6.07, 6.45) is -4.41. The summed E-state index contributed by atoms with van der Waals surface area (Å²) in [7, 11) is 3.23. The van der Waals surface area contributed by atoms with Crippen molar-refractivity contribution in [2.45, 2.75) is 25.7 Å². The van der Waals surface area contributed by atoms with Gasteiger partial charge in [0, 0.05) is 25.3 Å². The van der Waals surface area contributed by atoms with E-state index in [0.29, 0.717) is 12.1 Å². The van der Waals surface area contributed by atoms with Gasteiger partial charge in [-0.3, -0.25) is 0 Å². The fraction of sp³-hybridized carbons (Fsp3) is 0.538. The highest BCUT2D eigenvalue weighted by atomic mass is 19.4. The van der Waals surface area contributed by atoms with E-state index < -0.39 is 11.7 Å². The molecule has 0 heterocycles. The molecule has 0 fully saturated rings. The molecule has 19 heavy (non-hydrogen) atoms. The molecule has 1 aromatic carbocycles. The first-order valence-electron chi connectivity index (χ1n) is 5.99. The normalized spacial score (nSPS) is 13.4. The summed E-state index contributed by atoms with van der Waals surface area (Å²) in [6, 6.07) is 3.87. The molecule has 0 aliphatic heterocycles. The minimum atomic E-state index is -4.41. The minimum absolute atomic E-state index is 0.0777. The third-order valence-corrected chi connectivity index (χ3v) is 3.05. The van der Waals surface area contributed by atoms with Crippen LogP contribution in [0.3, 0.4) is 0 Å². The van der Waals surface area contributed by atoms with E-state index in [0.717, 1.165) is 6.07 Å². The number of alkyl halides is 3. The van der Waals surface area contributed by atoms with Crippen molar-refractivity contribution in [2.24, 2.45) is 0 Å². The summed E-state index contributed by atoms with van der Waals surface area (Å²) in [6.45, 7) is 1.84. The molecule has 2 N–H and O–H groups in total.